The third kappa shape index (κ3) is 7.90. The number of carbonyl (C=O) groups excluding carboxylic acids is 1. The van der Waals surface area contributed by atoms with Gasteiger partial charge in [-0.2, -0.15) is 19.1 Å². The fourth-order valence-corrected chi connectivity index (χ4v) is 4.09. The molecule has 2 heterocycles. The van der Waals surface area contributed by atoms with Gasteiger partial charge in [0.05, 0.1) is 24.5 Å². The molecule has 2 N–H and O–H groups in total. The minimum absolute atomic E-state index is 0.0315. The maximum Gasteiger partial charge on any atom is 0.573 e. The van der Waals surface area contributed by atoms with Gasteiger partial charge in [-0.25, -0.2) is 0 Å². The normalized spacial score (nSPS) is 11.8. The van der Waals surface area contributed by atoms with Crippen LogP contribution in [0, 0.1) is 0 Å². The minimum atomic E-state index is -4.82. The molecule has 10 nitrogen and oxygen atoms in total. The number of H-pyrrole nitrogens is 1. The monoisotopic (exact) mass is 599 g/mol. The number of tetrazole rings is 1. The van der Waals surface area contributed by atoms with Crippen LogP contribution in [0.2, 0.25) is 0 Å². The minimum Gasteiger partial charge on any atom is -0.433 e. The Kier molecular flexibility index (Phi) is 8.05. The van der Waals surface area contributed by atoms with Crippen LogP contribution in [0.1, 0.15) is 28.7 Å². The summed E-state index contributed by atoms with van der Waals surface area (Å²) >= 11 is 0. The summed E-state index contributed by atoms with van der Waals surface area (Å²) in [6.45, 7) is 0.982. The van der Waals surface area contributed by atoms with Crippen LogP contribution in [0.5, 0.6) is 11.5 Å². The van der Waals surface area contributed by atoms with E-state index >= 15 is 0 Å². The first-order valence-electron chi connectivity index (χ1n) is 12.6. The lowest BCUT2D eigenvalue weighted by Gasteiger charge is -2.13. The molecule has 43 heavy (non-hydrogen) atoms. The highest BCUT2D eigenvalue weighted by atomic mass is 19.4. The standard InChI is InChI=1S/C28H22F5N7O3/c1-27(29,30)42-21-12-8-19(9-13-21)24-14-23(18-6-10-22(11-7-18)43-28(31,32)33)37-40(24)16-17-2-4-20(5-3-17)26(41)34-15-25-35-38-39-36-25/h2-14H,15-16H2,1H3,(H,34,41)(H,35,36,38,39). The smallest absolute Gasteiger partial charge is 0.433 e. The highest BCUT2D eigenvalue weighted by molar-refractivity contribution is 5.94. The molecule has 0 unspecified atom stereocenters. The van der Waals surface area contributed by atoms with E-state index in [0.29, 0.717) is 40.8 Å². The molecule has 0 aliphatic carbocycles. The molecule has 15 heteroatoms. The van der Waals surface area contributed by atoms with Gasteiger partial charge in [-0.15, -0.1) is 23.4 Å². The van der Waals surface area contributed by atoms with Gasteiger partial charge in [-0.3, -0.25) is 9.48 Å². The molecule has 3 aromatic carbocycles. The molecule has 0 saturated heterocycles. The molecule has 1 amide bonds. The zero-order valence-electron chi connectivity index (χ0n) is 22.3. The Morgan fingerprint density at radius 3 is 2.09 bits per heavy atom. The average Bonchev–Trinajstić information content (AvgIpc) is 3.62. The Morgan fingerprint density at radius 2 is 1.51 bits per heavy atom. The Bertz CT molecular complexity index is 1660. The van der Waals surface area contributed by atoms with Crippen molar-refractivity contribution in [2.75, 3.05) is 0 Å². The second-order valence-corrected chi connectivity index (χ2v) is 9.29. The van der Waals surface area contributed by atoms with Gasteiger partial charge < -0.3 is 14.8 Å². The maximum atomic E-state index is 13.3. The van der Waals surface area contributed by atoms with E-state index in [0.717, 1.165) is 5.56 Å². The quantitative estimate of drug-likeness (QED) is 0.201. The molecule has 0 atom stereocenters. The SMILES string of the molecule is CC(F)(F)Oc1ccc(-c2cc(-c3ccc(OC(F)(F)F)cc3)nn2Cc2ccc(C(=O)NCc3nn[nH]n3)cc2)cc1. The van der Waals surface area contributed by atoms with Crippen molar-refractivity contribution in [1.29, 1.82) is 0 Å². The van der Waals surface area contributed by atoms with E-state index < -0.39 is 12.5 Å². The van der Waals surface area contributed by atoms with Crippen molar-refractivity contribution in [3.63, 3.8) is 0 Å². The summed E-state index contributed by atoms with van der Waals surface area (Å²) in [5.74, 6) is -0.412. The number of rotatable bonds is 10. The topological polar surface area (TPSA) is 120 Å². The number of amides is 1. The van der Waals surface area contributed by atoms with Crippen LogP contribution >= 0.6 is 0 Å². The molecule has 0 fully saturated rings. The number of nitrogens with zero attached hydrogens (tertiary/aromatic N) is 5. The van der Waals surface area contributed by atoms with Crippen LogP contribution in [0.3, 0.4) is 0 Å². The molecule has 0 aliphatic heterocycles. The molecule has 2 aromatic heterocycles. The van der Waals surface area contributed by atoms with Gasteiger partial charge in [0.2, 0.25) is 0 Å². The lowest BCUT2D eigenvalue weighted by molar-refractivity contribution is -0.274. The Morgan fingerprint density at radius 1 is 0.884 bits per heavy atom. The fourth-order valence-electron chi connectivity index (χ4n) is 4.09. The zero-order valence-corrected chi connectivity index (χ0v) is 22.3. The van der Waals surface area contributed by atoms with Crippen molar-refractivity contribution in [2.45, 2.75) is 32.5 Å². The number of alkyl halides is 5. The first-order chi connectivity index (χ1) is 20.4. The van der Waals surface area contributed by atoms with Crippen LogP contribution in [0.25, 0.3) is 22.5 Å². The third-order valence-electron chi connectivity index (χ3n) is 5.96. The highest BCUT2D eigenvalue weighted by Crippen LogP contribution is 2.31. The second-order valence-electron chi connectivity index (χ2n) is 9.29. The summed E-state index contributed by atoms with van der Waals surface area (Å²) in [5.41, 5.74) is 3.38. The summed E-state index contributed by atoms with van der Waals surface area (Å²) in [7, 11) is 0. The van der Waals surface area contributed by atoms with E-state index in [1.54, 1.807) is 47.1 Å². The van der Waals surface area contributed by atoms with Crippen LogP contribution in [0.4, 0.5) is 22.0 Å². The van der Waals surface area contributed by atoms with Gasteiger partial charge in [-0.1, -0.05) is 17.3 Å². The van der Waals surface area contributed by atoms with Crippen molar-refractivity contribution in [1.82, 2.24) is 35.7 Å². The Labute approximate surface area is 240 Å². The summed E-state index contributed by atoms with van der Waals surface area (Å²) in [5, 5.41) is 20.6. The number of hydrogen-bond acceptors (Lipinski definition) is 7. The van der Waals surface area contributed by atoms with Gasteiger partial charge in [0.25, 0.3) is 5.91 Å². The Balaban J connectivity index is 1.39. The molecule has 0 radical (unpaired) electrons. The van der Waals surface area contributed by atoms with Crippen molar-refractivity contribution < 1.29 is 36.2 Å². The summed E-state index contributed by atoms with van der Waals surface area (Å²) in [4.78, 5) is 12.5. The van der Waals surface area contributed by atoms with Gasteiger partial charge in [-0.05, 0) is 72.3 Å². The predicted octanol–water partition coefficient (Wildman–Crippen LogP) is 5.60. The number of benzene rings is 3. The highest BCUT2D eigenvalue weighted by Gasteiger charge is 2.31. The lowest BCUT2D eigenvalue weighted by atomic mass is 10.1. The lowest BCUT2D eigenvalue weighted by Crippen LogP contribution is -2.23. The molecular formula is C28H22F5N7O3. The van der Waals surface area contributed by atoms with Gasteiger partial charge in [0, 0.05) is 23.6 Å². The van der Waals surface area contributed by atoms with Crippen molar-refractivity contribution in [2.24, 2.45) is 0 Å². The van der Waals surface area contributed by atoms with E-state index in [9.17, 15) is 26.7 Å². The molecule has 0 spiro atoms. The number of hydrogen-bond donors (Lipinski definition) is 2. The molecule has 222 valence electrons. The van der Waals surface area contributed by atoms with Crippen molar-refractivity contribution in [3.8, 4) is 34.0 Å². The number of ether oxygens (including phenoxy) is 2. The second kappa shape index (κ2) is 11.9. The summed E-state index contributed by atoms with van der Waals surface area (Å²) in [6.07, 6.45) is -8.17. The van der Waals surface area contributed by atoms with E-state index in [-0.39, 0.29) is 30.5 Å². The van der Waals surface area contributed by atoms with E-state index in [4.69, 9.17) is 0 Å². The first kappa shape index (κ1) is 29.2. The third-order valence-corrected chi connectivity index (χ3v) is 5.96. The summed E-state index contributed by atoms with van der Waals surface area (Å²) < 4.78 is 74.5. The molecule has 0 bridgehead atoms. The van der Waals surface area contributed by atoms with Crippen molar-refractivity contribution >= 4 is 5.91 Å². The number of nitrogens with one attached hydrogen (secondary N) is 2. The predicted molar refractivity (Wildman–Crippen MR) is 142 cm³/mol. The number of aromatic nitrogens is 6. The number of halogens is 5. The summed E-state index contributed by atoms with van der Waals surface area (Å²) in [6, 6.07) is 19.7. The Hall–Kier alpha value is -5.34. The van der Waals surface area contributed by atoms with Gasteiger partial charge >= 0.3 is 12.5 Å². The zero-order chi connectivity index (χ0) is 30.6. The van der Waals surface area contributed by atoms with E-state index in [2.05, 4.69) is 40.5 Å². The maximum absolute atomic E-state index is 13.3. The number of carbonyl (C=O) groups is 1. The molecular weight excluding hydrogens is 577 g/mol. The van der Waals surface area contributed by atoms with Gasteiger partial charge in [0.15, 0.2) is 5.82 Å². The fraction of sp³-hybridized carbons (Fsp3) is 0.179. The van der Waals surface area contributed by atoms with Gasteiger partial charge in [0.1, 0.15) is 11.5 Å². The molecule has 0 aliphatic rings. The molecule has 0 saturated carbocycles. The molecule has 5 aromatic rings. The average molecular weight is 600 g/mol. The molecule has 5 rings (SSSR count). The van der Waals surface area contributed by atoms with Crippen LogP contribution in [-0.4, -0.2) is 48.8 Å². The van der Waals surface area contributed by atoms with E-state index in [1.165, 1.54) is 36.4 Å². The van der Waals surface area contributed by atoms with E-state index in [1.807, 2.05) is 0 Å². The van der Waals surface area contributed by atoms with Crippen LogP contribution in [0.15, 0.2) is 78.9 Å². The first-order valence-corrected chi connectivity index (χ1v) is 12.6. The largest absolute Gasteiger partial charge is 0.573 e. The number of aromatic amines is 1. The van der Waals surface area contributed by atoms with Crippen LogP contribution < -0.4 is 14.8 Å². The van der Waals surface area contributed by atoms with Crippen LogP contribution in [-0.2, 0) is 13.1 Å². The van der Waals surface area contributed by atoms with Crippen molar-refractivity contribution in [3.05, 3.63) is 95.8 Å².